The average Bonchev–Trinajstić information content (AvgIpc) is 2.70. The maximum absolute atomic E-state index is 11.9. The number of nitrogens with zero attached hydrogens (tertiary/aromatic N) is 2. The van der Waals surface area contributed by atoms with Crippen LogP contribution in [0.3, 0.4) is 0 Å². The van der Waals surface area contributed by atoms with Crippen LogP contribution in [0.2, 0.25) is 5.28 Å². The molecule has 0 radical (unpaired) electrons. The zero-order valence-corrected chi connectivity index (χ0v) is 11.7. The Labute approximate surface area is 113 Å². The van der Waals surface area contributed by atoms with Crippen LogP contribution in [-0.4, -0.2) is 37.7 Å². The van der Waals surface area contributed by atoms with Crippen LogP contribution in [0.4, 0.5) is 5.82 Å². The molecule has 2 N–H and O–H groups in total. The lowest BCUT2D eigenvalue weighted by molar-refractivity contribution is 0.268. The van der Waals surface area contributed by atoms with E-state index in [1.807, 2.05) is 6.92 Å². The molecule has 1 aromatic heterocycles. The molecule has 7 heteroatoms. The van der Waals surface area contributed by atoms with Crippen molar-refractivity contribution >= 4 is 28.2 Å². The van der Waals surface area contributed by atoms with Crippen LogP contribution < -0.4 is 5.32 Å². The Kier molecular flexibility index (Phi) is 4.53. The van der Waals surface area contributed by atoms with Crippen LogP contribution in [0.25, 0.3) is 0 Å². The molecule has 0 fully saturated rings. The van der Waals surface area contributed by atoms with E-state index in [-0.39, 0.29) is 17.9 Å². The molecule has 0 aliphatic carbocycles. The van der Waals surface area contributed by atoms with Crippen molar-refractivity contribution in [2.75, 3.05) is 17.7 Å². The van der Waals surface area contributed by atoms with Crippen LogP contribution in [0.5, 0.6) is 0 Å². The third kappa shape index (κ3) is 2.81. The van der Waals surface area contributed by atoms with Gasteiger partial charge in [-0.15, -0.1) is 0 Å². The number of aryl methyl sites for hydroxylation is 1. The predicted octanol–water partition coefficient (Wildman–Crippen LogP) is 1.37. The Morgan fingerprint density at radius 3 is 3.00 bits per heavy atom. The number of halogens is 1. The lowest BCUT2D eigenvalue weighted by atomic mass is 10.2. The van der Waals surface area contributed by atoms with Crippen molar-refractivity contribution in [1.82, 2.24) is 9.97 Å². The molecule has 1 aliphatic rings. The summed E-state index contributed by atoms with van der Waals surface area (Å²) in [6.07, 6.45) is 2.43. The molecule has 1 aliphatic heterocycles. The standard InChI is InChI=1S/C11H16ClN3O2S/c1-2-3-7(6-16)13-10-9-8(4-5-18(9)17)14-11(12)15-10/h7,16H,2-6H2,1H3,(H,13,14,15)/t7?,18-/m1/s1. The lowest BCUT2D eigenvalue weighted by Crippen LogP contribution is -2.25. The molecule has 100 valence electrons. The average molecular weight is 290 g/mol. The van der Waals surface area contributed by atoms with E-state index in [1.54, 1.807) is 0 Å². The summed E-state index contributed by atoms with van der Waals surface area (Å²) in [6, 6.07) is -0.0948. The Bertz CT molecular complexity index is 470. The molecule has 0 aromatic carbocycles. The molecule has 2 heterocycles. The van der Waals surface area contributed by atoms with Gasteiger partial charge in [0.15, 0.2) is 0 Å². The highest BCUT2D eigenvalue weighted by molar-refractivity contribution is 7.85. The highest BCUT2D eigenvalue weighted by atomic mass is 35.5. The Morgan fingerprint density at radius 1 is 1.56 bits per heavy atom. The van der Waals surface area contributed by atoms with Gasteiger partial charge >= 0.3 is 0 Å². The zero-order valence-electron chi connectivity index (χ0n) is 10.1. The second kappa shape index (κ2) is 5.95. The van der Waals surface area contributed by atoms with E-state index in [0.29, 0.717) is 22.9 Å². The fourth-order valence-electron chi connectivity index (χ4n) is 2.02. The summed E-state index contributed by atoms with van der Waals surface area (Å²) in [6.45, 7) is 2.05. The van der Waals surface area contributed by atoms with Crippen LogP contribution >= 0.6 is 11.6 Å². The second-order valence-electron chi connectivity index (χ2n) is 4.23. The minimum atomic E-state index is -1.07. The van der Waals surface area contributed by atoms with Gasteiger partial charge in [-0.2, -0.15) is 4.98 Å². The van der Waals surface area contributed by atoms with Gasteiger partial charge in [-0.3, -0.25) is 4.21 Å². The summed E-state index contributed by atoms with van der Waals surface area (Å²) in [4.78, 5) is 8.85. The van der Waals surface area contributed by atoms with E-state index in [1.165, 1.54) is 0 Å². The number of aliphatic hydroxyl groups excluding tert-OH is 1. The van der Waals surface area contributed by atoms with Crippen LogP contribution in [-0.2, 0) is 17.2 Å². The van der Waals surface area contributed by atoms with Crippen molar-refractivity contribution in [3.63, 3.8) is 0 Å². The molecule has 0 bridgehead atoms. The topological polar surface area (TPSA) is 75.1 Å². The quantitative estimate of drug-likeness (QED) is 0.801. The SMILES string of the molecule is CCCC(CO)Nc1nc(Cl)nc2c1[S@](=O)CC2. The van der Waals surface area contributed by atoms with E-state index >= 15 is 0 Å². The Balaban J connectivity index is 2.30. The minimum absolute atomic E-state index is 0.0108. The van der Waals surface area contributed by atoms with Crippen molar-refractivity contribution in [3.05, 3.63) is 11.0 Å². The summed E-state index contributed by atoms with van der Waals surface area (Å²) in [7, 11) is -1.07. The molecule has 18 heavy (non-hydrogen) atoms. The highest BCUT2D eigenvalue weighted by Crippen LogP contribution is 2.29. The number of anilines is 1. The van der Waals surface area contributed by atoms with Gasteiger partial charge in [-0.1, -0.05) is 13.3 Å². The third-order valence-electron chi connectivity index (χ3n) is 2.86. The summed E-state index contributed by atoms with van der Waals surface area (Å²) >= 11 is 5.86. The van der Waals surface area contributed by atoms with Gasteiger partial charge in [0.1, 0.15) is 10.7 Å². The summed E-state index contributed by atoms with van der Waals surface area (Å²) in [5.41, 5.74) is 0.754. The smallest absolute Gasteiger partial charge is 0.224 e. The number of nitrogens with one attached hydrogen (secondary N) is 1. The number of aliphatic hydroxyl groups is 1. The fourth-order valence-corrected chi connectivity index (χ4v) is 3.52. The molecule has 1 aromatic rings. The number of hydrogen-bond acceptors (Lipinski definition) is 5. The number of rotatable bonds is 5. The molecule has 0 amide bonds. The van der Waals surface area contributed by atoms with Crippen molar-refractivity contribution in [2.24, 2.45) is 0 Å². The zero-order chi connectivity index (χ0) is 13.1. The first-order chi connectivity index (χ1) is 8.65. The first-order valence-electron chi connectivity index (χ1n) is 5.97. The third-order valence-corrected chi connectivity index (χ3v) is 4.49. The van der Waals surface area contributed by atoms with Crippen molar-refractivity contribution in [1.29, 1.82) is 0 Å². The Hall–Kier alpha value is -0.720. The first kappa shape index (κ1) is 13.7. The fraction of sp³-hybridized carbons (Fsp3) is 0.636. The van der Waals surface area contributed by atoms with Crippen molar-refractivity contribution < 1.29 is 9.32 Å². The molecular weight excluding hydrogens is 274 g/mol. The van der Waals surface area contributed by atoms with E-state index in [4.69, 9.17) is 11.6 Å². The summed E-state index contributed by atoms with van der Waals surface area (Å²) in [5.74, 6) is 1.07. The van der Waals surface area contributed by atoms with E-state index in [2.05, 4.69) is 15.3 Å². The molecule has 0 spiro atoms. The van der Waals surface area contributed by atoms with Crippen LogP contribution in [0.15, 0.2) is 4.90 Å². The molecular formula is C11H16ClN3O2S. The molecule has 5 nitrogen and oxygen atoms in total. The largest absolute Gasteiger partial charge is 0.394 e. The van der Waals surface area contributed by atoms with E-state index in [0.717, 1.165) is 18.5 Å². The van der Waals surface area contributed by atoms with Gasteiger partial charge in [0.25, 0.3) is 0 Å². The van der Waals surface area contributed by atoms with Gasteiger partial charge in [0.05, 0.1) is 29.1 Å². The number of fused-ring (bicyclic) bond motifs is 1. The molecule has 0 saturated heterocycles. The van der Waals surface area contributed by atoms with E-state index in [9.17, 15) is 9.32 Å². The highest BCUT2D eigenvalue weighted by Gasteiger charge is 2.26. The van der Waals surface area contributed by atoms with Gasteiger partial charge in [-0.05, 0) is 18.0 Å². The maximum atomic E-state index is 11.9. The molecule has 2 rings (SSSR count). The van der Waals surface area contributed by atoms with Crippen LogP contribution in [0, 0.1) is 0 Å². The molecule has 1 unspecified atom stereocenters. The van der Waals surface area contributed by atoms with E-state index < -0.39 is 10.8 Å². The Morgan fingerprint density at radius 2 is 2.33 bits per heavy atom. The van der Waals surface area contributed by atoms with Crippen molar-refractivity contribution in [2.45, 2.75) is 37.1 Å². The predicted molar refractivity (Wildman–Crippen MR) is 71.4 cm³/mol. The van der Waals surface area contributed by atoms with Gasteiger partial charge in [-0.25, -0.2) is 4.98 Å². The minimum Gasteiger partial charge on any atom is -0.394 e. The monoisotopic (exact) mass is 289 g/mol. The van der Waals surface area contributed by atoms with Gasteiger partial charge in [0.2, 0.25) is 5.28 Å². The lowest BCUT2D eigenvalue weighted by Gasteiger charge is -2.17. The normalized spacial score (nSPS) is 19.6. The van der Waals surface area contributed by atoms with Gasteiger partial charge < -0.3 is 10.4 Å². The van der Waals surface area contributed by atoms with Crippen molar-refractivity contribution in [3.8, 4) is 0 Å². The van der Waals surface area contributed by atoms with Crippen LogP contribution in [0.1, 0.15) is 25.5 Å². The molecule has 2 atom stereocenters. The number of hydrogen-bond donors (Lipinski definition) is 2. The first-order valence-corrected chi connectivity index (χ1v) is 7.67. The number of aromatic nitrogens is 2. The van der Waals surface area contributed by atoms with Gasteiger partial charge in [0, 0.05) is 12.2 Å². The maximum Gasteiger partial charge on any atom is 0.224 e. The second-order valence-corrected chi connectivity index (χ2v) is 6.07. The summed E-state index contributed by atoms with van der Waals surface area (Å²) < 4.78 is 11.9. The molecule has 0 saturated carbocycles. The summed E-state index contributed by atoms with van der Waals surface area (Å²) in [5, 5.41) is 12.6.